The van der Waals surface area contributed by atoms with Crippen LogP contribution < -0.4 is 0 Å². The topological polar surface area (TPSA) is 55.1 Å². The molecule has 0 saturated carbocycles. The van der Waals surface area contributed by atoms with Crippen molar-refractivity contribution in [2.24, 2.45) is 0 Å². The number of carbonyl (C=O) groups is 1. The first-order valence-electron chi connectivity index (χ1n) is 3.19. The van der Waals surface area contributed by atoms with Crippen LogP contribution in [-0.2, 0) is 6.18 Å². The number of rotatable bonds is 0. The molecule has 1 N–H and O–H groups in total. The molecular weight excluding hydrogens is 189 g/mol. The quantitative estimate of drug-likeness (QED) is 0.684. The van der Waals surface area contributed by atoms with E-state index in [1.807, 2.05) is 0 Å². The van der Waals surface area contributed by atoms with Gasteiger partial charge in [-0.25, -0.2) is 4.79 Å². The Morgan fingerprint density at radius 2 is 2.15 bits per heavy atom. The van der Waals surface area contributed by atoms with Crippen LogP contribution in [0.1, 0.15) is 11.3 Å². The minimum atomic E-state index is -4.56. The van der Waals surface area contributed by atoms with Crippen molar-refractivity contribution in [1.82, 2.24) is 9.78 Å². The molecule has 0 aliphatic rings. The molecule has 7 heteroatoms. The van der Waals surface area contributed by atoms with Crippen molar-refractivity contribution in [3.8, 4) is 0 Å². The molecule has 72 valence electrons. The zero-order valence-electron chi connectivity index (χ0n) is 6.46. The third-order valence-corrected chi connectivity index (χ3v) is 1.50. The van der Waals surface area contributed by atoms with Gasteiger partial charge in [0.1, 0.15) is 0 Å². The van der Waals surface area contributed by atoms with E-state index in [-0.39, 0.29) is 4.68 Å². The molecule has 0 aliphatic heterocycles. The highest BCUT2D eigenvalue weighted by Crippen LogP contribution is 2.31. The molecule has 0 unspecified atom stereocenters. The number of aromatic nitrogens is 2. The first kappa shape index (κ1) is 9.56. The summed E-state index contributed by atoms with van der Waals surface area (Å²) in [5.41, 5.74) is -1.46. The predicted octanol–water partition coefficient (Wildman–Crippen LogP) is 1.74. The lowest BCUT2D eigenvalue weighted by atomic mass is 10.2. The monoisotopic (exact) mass is 194 g/mol. The van der Waals surface area contributed by atoms with Gasteiger partial charge in [-0.3, -0.25) is 0 Å². The lowest BCUT2D eigenvalue weighted by Gasteiger charge is -2.04. The Hall–Kier alpha value is -1.53. The van der Waals surface area contributed by atoms with Gasteiger partial charge in [-0.15, -0.1) is 0 Å². The van der Waals surface area contributed by atoms with Crippen LogP contribution in [0.5, 0.6) is 0 Å². The van der Waals surface area contributed by atoms with E-state index in [2.05, 4.69) is 5.10 Å². The largest absolute Gasteiger partial charge is 0.463 e. The van der Waals surface area contributed by atoms with Crippen molar-refractivity contribution in [1.29, 1.82) is 0 Å². The highest BCUT2D eigenvalue weighted by molar-refractivity contribution is 5.68. The molecule has 13 heavy (non-hydrogen) atoms. The summed E-state index contributed by atoms with van der Waals surface area (Å²) in [6.45, 7) is 1.05. The maximum absolute atomic E-state index is 12.1. The van der Waals surface area contributed by atoms with Crippen molar-refractivity contribution in [2.45, 2.75) is 13.1 Å². The summed E-state index contributed by atoms with van der Waals surface area (Å²) in [6, 6.07) is 0. The number of halogens is 3. The zero-order chi connectivity index (χ0) is 10.2. The van der Waals surface area contributed by atoms with E-state index in [1.54, 1.807) is 0 Å². The first-order valence-corrected chi connectivity index (χ1v) is 3.19. The SMILES string of the molecule is Cc1c(C(F)(F)F)cnn1C(=O)O. The Labute approximate surface area is 70.6 Å². The zero-order valence-corrected chi connectivity index (χ0v) is 6.46. The molecule has 1 heterocycles. The molecule has 1 rings (SSSR count). The molecular formula is C6H5F3N2O2. The minimum Gasteiger partial charge on any atom is -0.463 e. The molecule has 1 aromatic rings. The highest BCUT2D eigenvalue weighted by Gasteiger charge is 2.35. The van der Waals surface area contributed by atoms with Crippen molar-refractivity contribution in [3.05, 3.63) is 17.5 Å². The van der Waals surface area contributed by atoms with Crippen LogP contribution >= 0.6 is 0 Å². The van der Waals surface area contributed by atoms with E-state index in [0.717, 1.165) is 6.92 Å². The van der Waals surface area contributed by atoms with E-state index in [4.69, 9.17) is 5.11 Å². The van der Waals surface area contributed by atoms with Crippen LogP contribution in [0.15, 0.2) is 6.20 Å². The molecule has 0 fully saturated rings. The Morgan fingerprint density at radius 1 is 1.62 bits per heavy atom. The first-order chi connectivity index (χ1) is 5.84. The molecule has 0 spiro atoms. The van der Waals surface area contributed by atoms with Crippen LogP contribution in [0, 0.1) is 6.92 Å². The van der Waals surface area contributed by atoms with E-state index in [1.165, 1.54) is 0 Å². The molecule has 0 bridgehead atoms. The molecule has 1 aromatic heterocycles. The third kappa shape index (κ3) is 1.63. The summed E-state index contributed by atoms with van der Waals surface area (Å²) >= 11 is 0. The maximum Gasteiger partial charge on any atom is 0.432 e. The summed E-state index contributed by atoms with van der Waals surface area (Å²) in [6.07, 6.45) is -5.60. The number of hydrogen-bond acceptors (Lipinski definition) is 2. The normalized spacial score (nSPS) is 11.7. The molecule has 4 nitrogen and oxygen atoms in total. The average Bonchev–Trinajstić information content (AvgIpc) is 2.28. The van der Waals surface area contributed by atoms with Gasteiger partial charge in [0.15, 0.2) is 0 Å². The molecule has 0 saturated heterocycles. The van der Waals surface area contributed by atoms with Gasteiger partial charge in [0.05, 0.1) is 17.5 Å². The fraction of sp³-hybridized carbons (Fsp3) is 0.333. The highest BCUT2D eigenvalue weighted by atomic mass is 19.4. The fourth-order valence-electron chi connectivity index (χ4n) is 0.881. The van der Waals surface area contributed by atoms with Crippen LogP contribution in [0.2, 0.25) is 0 Å². The molecule has 0 atom stereocenters. The number of nitrogens with zero attached hydrogens (tertiary/aromatic N) is 2. The van der Waals surface area contributed by atoms with Crippen LogP contribution in [-0.4, -0.2) is 21.0 Å². The van der Waals surface area contributed by atoms with Gasteiger partial charge in [-0.2, -0.15) is 23.0 Å². The summed E-state index contributed by atoms with van der Waals surface area (Å²) in [7, 11) is 0. The predicted molar refractivity (Wildman–Crippen MR) is 35.4 cm³/mol. The van der Waals surface area contributed by atoms with Crippen LogP contribution in [0.25, 0.3) is 0 Å². The van der Waals surface area contributed by atoms with E-state index in [9.17, 15) is 18.0 Å². The molecule has 0 amide bonds. The number of hydrogen-bond donors (Lipinski definition) is 1. The van der Waals surface area contributed by atoms with Gasteiger partial charge < -0.3 is 5.11 Å². The van der Waals surface area contributed by atoms with E-state index in [0.29, 0.717) is 6.20 Å². The average molecular weight is 194 g/mol. The van der Waals surface area contributed by atoms with Gasteiger partial charge in [0.25, 0.3) is 0 Å². The molecule has 0 radical (unpaired) electrons. The van der Waals surface area contributed by atoms with Crippen molar-refractivity contribution >= 4 is 6.09 Å². The van der Waals surface area contributed by atoms with Gasteiger partial charge in [-0.05, 0) is 6.92 Å². The Morgan fingerprint density at radius 3 is 2.38 bits per heavy atom. The summed E-state index contributed by atoms with van der Waals surface area (Å²) < 4.78 is 36.5. The maximum atomic E-state index is 12.1. The second kappa shape index (κ2) is 2.75. The Bertz CT molecular complexity index is 342. The third-order valence-electron chi connectivity index (χ3n) is 1.50. The van der Waals surface area contributed by atoms with Gasteiger partial charge in [-0.1, -0.05) is 0 Å². The summed E-state index contributed by atoms with van der Waals surface area (Å²) in [5.74, 6) is 0. The Kier molecular flexibility index (Phi) is 2.02. The lowest BCUT2D eigenvalue weighted by Crippen LogP contribution is -2.13. The van der Waals surface area contributed by atoms with Crippen molar-refractivity contribution in [3.63, 3.8) is 0 Å². The smallest absolute Gasteiger partial charge is 0.432 e. The molecule has 0 aromatic carbocycles. The van der Waals surface area contributed by atoms with E-state index < -0.39 is 23.5 Å². The lowest BCUT2D eigenvalue weighted by molar-refractivity contribution is -0.138. The minimum absolute atomic E-state index is 0.281. The number of alkyl halides is 3. The fourth-order valence-corrected chi connectivity index (χ4v) is 0.881. The molecule has 0 aliphatic carbocycles. The van der Waals surface area contributed by atoms with Gasteiger partial charge in [0.2, 0.25) is 0 Å². The van der Waals surface area contributed by atoms with Crippen LogP contribution in [0.3, 0.4) is 0 Å². The summed E-state index contributed by atoms with van der Waals surface area (Å²) in [5, 5.41) is 11.5. The standard InChI is InChI=1S/C6H5F3N2O2/c1-3-4(6(7,8)9)2-10-11(3)5(12)13/h2H,1H3,(H,12,13). The van der Waals surface area contributed by atoms with Gasteiger partial charge >= 0.3 is 12.3 Å². The summed E-state index contributed by atoms with van der Waals surface area (Å²) in [4.78, 5) is 10.3. The van der Waals surface area contributed by atoms with E-state index >= 15 is 0 Å². The van der Waals surface area contributed by atoms with Crippen molar-refractivity contribution in [2.75, 3.05) is 0 Å². The van der Waals surface area contributed by atoms with Crippen LogP contribution in [0.4, 0.5) is 18.0 Å². The van der Waals surface area contributed by atoms with Crippen molar-refractivity contribution < 1.29 is 23.1 Å². The second-order valence-electron chi connectivity index (χ2n) is 2.34. The Balaban J connectivity index is 3.22. The van der Waals surface area contributed by atoms with Gasteiger partial charge in [0, 0.05) is 0 Å². The second-order valence-corrected chi connectivity index (χ2v) is 2.34. The number of carboxylic acid groups (broad SMARTS) is 1.